The van der Waals surface area contributed by atoms with E-state index in [0.717, 1.165) is 38.5 Å². The maximum Gasteiger partial charge on any atom is 0.249 e. The third kappa shape index (κ3) is 65.3. The molecule has 6 heteroatoms. The molecule has 4 unspecified atom stereocenters. The van der Waals surface area contributed by atoms with E-state index in [1.807, 2.05) is 0 Å². The number of unbranched alkanes of at least 4 members (excludes halogenated alkanes) is 62. The van der Waals surface area contributed by atoms with Crippen molar-refractivity contribution in [3.05, 3.63) is 12.2 Å². The van der Waals surface area contributed by atoms with E-state index in [1.54, 1.807) is 0 Å². The van der Waals surface area contributed by atoms with Gasteiger partial charge >= 0.3 is 0 Å². The van der Waals surface area contributed by atoms with Gasteiger partial charge in [0.05, 0.1) is 18.8 Å². The van der Waals surface area contributed by atoms with E-state index in [4.69, 9.17) is 0 Å². The summed E-state index contributed by atoms with van der Waals surface area (Å²) < 4.78 is 0. The molecule has 0 saturated carbocycles. The van der Waals surface area contributed by atoms with Gasteiger partial charge in [-0.15, -0.1) is 0 Å². The van der Waals surface area contributed by atoms with Crippen molar-refractivity contribution in [1.82, 2.24) is 5.32 Å². The molecule has 0 saturated heterocycles. The SMILES string of the molecule is CCCCCCCCCCCCCCCCCC/C=C\CCCCCCCCCCCCCCCCCCC(O)C(=O)NC(CO)C(O)C(O)CCCCCCCCCCCCCCCCCCCCCCCCCCCCCCCCC. The van der Waals surface area contributed by atoms with Crippen LogP contribution in [0.2, 0.25) is 0 Å². The van der Waals surface area contributed by atoms with Crippen LogP contribution in [0.15, 0.2) is 12.2 Å². The Morgan fingerprint density at radius 1 is 0.289 bits per heavy atom. The van der Waals surface area contributed by atoms with Crippen molar-refractivity contribution in [1.29, 1.82) is 0 Å². The normalized spacial score (nSPS) is 13.4. The van der Waals surface area contributed by atoms with Gasteiger partial charge in [0.25, 0.3) is 0 Å². The molecule has 0 aliphatic carbocycles. The fourth-order valence-corrected chi connectivity index (χ4v) is 12.8. The summed E-state index contributed by atoms with van der Waals surface area (Å²) in [6.07, 6.45) is 90.9. The Morgan fingerprint density at radius 3 is 0.699 bits per heavy atom. The van der Waals surface area contributed by atoms with Gasteiger partial charge in [0, 0.05) is 0 Å². The lowest BCUT2D eigenvalue weighted by Gasteiger charge is -2.27. The number of rotatable bonds is 73. The van der Waals surface area contributed by atoms with E-state index in [2.05, 4.69) is 31.3 Å². The van der Waals surface area contributed by atoms with Gasteiger partial charge < -0.3 is 25.7 Å². The summed E-state index contributed by atoms with van der Waals surface area (Å²) in [4.78, 5) is 12.7. The van der Waals surface area contributed by atoms with Crippen molar-refractivity contribution < 1.29 is 25.2 Å². The van der Waals surface area contributed by atoms with Gasteiger partial charge in [-0.05, 0) is 38.5 Å². The molecule has 0 aliphatic rings. The molecular formula is C77H153NO5. The molecule has 0 heterocycles. The molecule has 0 bridgehead atoms. The van der Waals surface area contributed by atoms with Crippen LogP contribution in [0.4, 0.5) is 0 Å². The molecule has 83 heavy (non-hydrogen) atoms. The molecule has 0 aromatic carbocycles. The Hall–Kier alpha value is -0.950. The van der Waals surface area contributed by atoms with Gasteiger partial charge in [-0.25, -0.2) is 0 Å². The first-order valence-electron chi connectivity index (χ1n) is 38.6. The first-order chi connectivity index (χ1) is 41.0. The van der Waals surface area contributed by atoms with Crippen LogP contribution in [0.1, 0.15) is 444 Å². The zero-order valence-corrected chi connectivity index (χ0v) is 56.7. The van der Waals surface area contributed by atoms with Gasteiger partial charge in [0.1, 0.15) is 12.2 Å². The van der Waals surface area contributed by atoms with Crippen LogP contribution in [-0.2, 0) is 4.79 Å². The van der Waals surface area contributed by atoms with Gasteiger partial charge in [-0.2, -0.15) is 0 Å². The summed E-state index contributed by atoms with van der Waals surface area (Å²) in [6, 6.07) is -0.985. The van der Waals surface area contributed by atoms with Crippen molar-refractivity contribution in [3.63, 3.8) is 0 Å². The van der Waals surface area contributed by atoms with Crippen molar-refractivity contribution >= 4 is 5.91 Å². The van der Waals surface area contributed by atoms with Crippen LogP contribution in [-0.4, -0.2) is 57.3 Å². The van der Waals surface area contributed by atoms with E-state index in [-0.39, 0.29) is 0 Å². The number of carbonyl (C=O) groups excluding carboxylic acids is 1. The van der Waals surface area contributed by atoms with E-state index in [1.165, 1.54) is 379 Å². The molecule has 0 aromatic heterocycles. The van der Waals surface area contributed by atoms with E-state index in [9.17, 15) is 25.2 Å². The maximum absolute atomic E-state index is 12.7. The van der Waals surface area contributed by atoms with Crippen molar-refractivity contribution in [2.75, 3.05) is 6.61 Å². The van der Waals surface area contributed by atoms with Gasteiger partial charge in [0.15, 0.2) is 0 Å². The Labute approximate surface area is 521 Å². The summed E-state index contributed by atoms with van der Waals surface area (Å²) in [7, 11) is 0. The Morgan fingerprint density at radius 2 is 0.482 bits per heavy atom. The highest BCUT2D eigenvalue weighted by atomic mass is 16.3. The van der Waals surface area contributed by atoms with Gasteiger partial charge in [0.2, 0.25) is 5.91 Å². The highest BCUT2D eigenvalue weighted by molar-refractivity contribution is 5.80. The molecule has 0 radical (unpaired) electrons. The smallest absolute Gasteiger partial charge is 0.249 e. The number of hydrogen-bond acceptors (Lipinski definition) is 5. The fraction of sp³-hybridized carbons (Fsp3) is 0.961. The molecule has 496 valence electrons. The van der Waals surface area contributed by atoms with E-state index in [0.29, 0.717) is 12.8 Å². The van der Waals surface area contributed by atoms with Crippen LogP contribution in [0, 0.1) is 0 Å². The van der Waals surface area contributed by atoms with Crippen LogP contribution in [0.25, 0.3) is 0 Å². The van der Waals surface area contributed by atoms with Crippen LogP contribution >= 0.6 is 0 Å². The second-order valence-corrected chi connectivity index (χ2v) is 27.1. The molecule has 1 amide bonds. The second kappa shape index (κ2) is 71.8. The Balaban J connectivity index is 3.49. The van der Waals surface area contributed by atoms with Crippen molar-refractivity contribution in [2.24, 2.45) is 0 Å². The summed E-state index contributed by atoms with van der Waals surface area (Å²) >= 11 is 0. The predicted molar refractivity (Wildman–Crippen MR) is 367 cm³/mol. The summed E-state index contributed by atoms with van der Waals surface area (Å²) in [5, 5.41) is 44.4. The molecule has 4 atom stereocenters. The van der Waals surface area contributed by atoms with Crippen molar-refractivity contribution in [3.8, 4) is 0 Å². The molecule has 0 spiro atoms. The number of aliphatic hydroxyl groups excluding tert-OH is 4. The number of carbonyl (C=O) groups is 1. The monoisotopic (exact) mass is 1170 g/mol. The lowest BCUT2D eigenvalue weighted by molar-refractivity contribution is -0.132. The molecule has 5 N–H and O–H groups in total. The van der Waals surface area contributed by atoms with E-state index >= 15 is 0 Å². The molecular weight excluding hydrogens is 1020 g/mol. The Kier molecular flexibility index (Phi) is 71.0. The fourth-order valence-electron chi connectivity index (χ4n) is 12.8. The van der Waals surface area contributed by atoms with Gasteiger partial charge in [-0.1, -0.05) is 418 Å². The number of amides is 1. The lowest BCUT2D eigenvalue weighted by atomic mass is 9.99. The van der Waals surface area contributed by atoms with Crippen LogP contribution in [0.3, 0.4) is 0 Å². The number of allylic oxidation sites excluding steroid dienone is 2. The van der Waals surface area contributed by atoms with Gasteiger partial charge in [-0.3, -0.25) is 4.79 Å². The number of hydrogen-bond donors (Lipinski definition) is 5. The summed E-state index contributed by atoms with van der Waals surface area (Å²) in [6.45, 7) is 4.12. The lowest BCUT2D eigenvalue weighted by Crippen LogP contribution is -2.53. The Bertz CT molecular complexity index is 1230. The zero-order valence-electron chi connectivity index (χ0n) is 56.7. The molecule has 0 aromatic rings. The number of aliphatic hydroxyl groups is 4. The minimum atomic E-state index is -1.26. The predicted octanol–water partition coefficient (Wildman–Crippen LogP) is 24.3. The van der Waals surface area contributed by atoms with E-state index < -0.39 is 36.9 Å². The average Bonchev–Trinajstić information content (AvgIpc) is 3.54. The highest BCUT2D eigenvalue weighted by Gasteiger charge is 2.29. The first-order valence-corrected chi connectivity index (χ1v) is 38.6. The average molecular weight is 1170 g/mol. The highest BCUT2D eigenvalue weighted by Crippen LogP contribution is 2.21. The quantitative estimate of drug-likeness (QED) is 0.0308. The van der Waals surface area contributed by atoms with Crippen molar-refractivity contribution in [2.45, 2.75) is 468 Å². The third-order valence-corrected chi connectivity index (χ3v) is 18.7. The largest absolute Gasteiger partial charge is 0.394 e. The molecule has 0 fully saturated rings. The zero-order chi connectivity index (χ0) is 60.1. The first kappa shape index (κ1) is 82.0. The van der Waals surface area contributed by atoms with Crippen LogP contribution < -0.4 is 5.32 Å². The summed E-state index contributed by atoms with van der Waals surface area (Å²) in [5.41, 5.74) is 0. The molecule has 6 nitrogen and oxygen atoms in total. The maximum atomic E-state index is 12.7. The topological polar surface area (TPSA) is 110 Å². The molecule has 0 rings (SSSR count). The number of nitrogens with one attached hydrogen (secondary N) is 1. The second-order valence-electron chi connectivity index (χ2n) is 27.1. The standard InChI is InChI=1S/C77H153NO5/c1-3-5-7-9-11-13-15-17-19-21-23-25-27-29-31-33-35-36-37-38-39-41-43-45-47-49-51-53-55-57-59-61-63-65-67-69-71-75(81)77(83)78-73(72-79)76(82)74(80)70-68-66-64-62-60-58-56-54-52-50-48-46-44-42-40-34-32-30-28-26-24-22-20-18-16-14-12-10-8-6-4-2/h36-37,73-76,79-82H,3-35,38-72H2,1-2H3,(H,78,83)/b37-36-. The third-order valence-electron chi connectivity index (χ3n) is 18.7. The van der Waals surface area contributed by atoms with Crippen LogP contribution in [0.5, 0.6) is 0 Å². The minimum absolute atomic E-state index is 0.374. The summed E-state index contributed by atoms with van der Waals surface area (Å²) in [5.74, 6) is -0.574. The minimum Gasteiger partial charge on any atom is -0.394 e. The molecule has 0 aliphatic heterocycles.